The van der Waals surface area contributed by atoms with Crippen LogP contribution in [-0.4, -0.2) is 73.0 Å². The lowest BCUT2D eigenvalue weighted by molar-refractivity contribution is -0.119. The van der Waals surface area contributed by atoms with Crippen molar-refractivity contribution in [3.8, 4) is 0 Å². The van der Waals surface area contributed by atoms with Gasteiger partial charge in [0.05, 0.1) is 23.6 Å². The van der Waals surface area contributed by atoms with Crippen LogP contribution in [0.15, 0.2) is 24.3 Å². The minimum atomic E-state index is -0.0963. The van der Waals surface area contributed by atoms with Gasteiger partial charge in [0.2, 0.25) is 5.91 Å². The molecule has 0 saturated carbocycles. The van der Waals surface area contributed by atoms with Gasteiger partial charge in [0, 0.05) is 46.0 Å². The molecular weight excluding hydrogens is 366 g/mol. The third-order valence-electron chi connectivity index (χ3n) is 6.38. The maximum absolute atomic E-state index is 13.6. The molecular formula is C22H29N5O2. The normalized spacial score (nSPS) is 17.9. The molecule has 0 atom stereocenters. The summed E-state index contributed by atoms with van der Waals surface area (Å²) in [4.78, 5) is 34.9. The van der Waals surface area contributed by atoms with E-state index < -0.39 is 0 Å². The van der Waals surface area contributed by atoms with E-state index in [4.69, 9.17) is 0 Å². The summed E-state index contributed by atoms with van der Waals surface area (Å²) in [6.45, 7) is 7.98. The van der Waals surface area contributed by atoms with Gasteiger partial charge in [0.1, 0.15) is 5.69 Å². The summed E-state index contributed by atoms with van der Waals surface area (Å²) in [5.74, 6) is -0.0962. The third-order valence-corrected chi connectivity index (χ3v) is 6.38. The number of carbonyl (C=O) groups is 2. The fourth-order valence-electron chi connectivity index (χ4n) is 4.30. The Bertz CT molecular complexity index is 972. The molecule has 2 aromatic rings. The predicted octanol–water partition coefficient (Wildman–Crippen LogP) is 2.14. The van der Waals surface area contributed by atoms with Gasteiger partial charge in [0.25, 0.3) is 5.91 Å². The highest BCUT2D eigenvalue weighted by Crippen LogP contribution is 2.43. The van der Waals surface area contributed by atoms with Crippen LogP contribution in [0.5, 0.6) is 0 Å². The van der Waals surface area contributed by atoms with Crippen molar-refractivity contribution in [1.29, 1.82) is 0 Å². The van der Waals surface area contributed by atoms with Crippen LogP contribution in [0.3, 0.4) is 0 Å². The van der Waals surface area contributed by atoms with Crippen LogP contribution in [0.25, 0.3) is 0 Å². The summed E-state index contributed by atoms with van der Waals surface area (Å²) >= 11 is 0. The van der Waals surface area contributed by atoms with E-state index in [2.05, 4.69) is 16.8 Å². The molecule has 2 aliphatic rings. The molecule has 2 aliphatic heterocycles. The number of aromatic nitrogens is 1. The Morgan fingerprint density at radius 3 is 2.24 bits per heavy atom. The molecule has 0 aliphatic carbocycles. The van der Waals surface area contributed by atoms with Crippen molar-refractivity contribution in [2.24, 2.45) is 7.05 Å². The van der Waals surface area contributed by atoms with E-state index in [-0.39, 0.29) is 11.8 Å². The number of fused-ring (bicyclic) bond motifs is 2. The Balaban J connectivity index is 1.83. The maximum Gasteiger partial charge on any atom is 0.276 e. The average Bonchev–Trinajstić information content (AvgIpc) is 2.87. The number of nitrogens with zero attached hydrogens (tertiary/aromatic N) is 5. The molecule has 3 heterocycles. The van der Waals surface area contributed by atoms with Crippen molar-refractivity contribution in [2.75, 3.05) is 56.6 Å². The van der Waals surface area contributed by atoms with E-state index in [9.17, 15) is 9.59 Å². The largest absolute Gasteiger partial charge is 0.342 e. The highest BCUT2D eigenvalue weighted by atomic mass is 16.2. The van der Waals surface area contributed by atoms with Crippen molar-refractivity contribution in [3.63, 3.8) is 0 Å². The molecule has 7 heteroatoms. The van der Waals surface area contributed by atoms with Gasteiger partial charge in [-0.25, -0.2) is 0 Å². The average molecular weight is 396 g/mol. The van der Waals surface area contributed by atoms with Gasteiger partial charge in [-0.15, -0.1) is 0 Å². The van der Waals surface area contributed by atoms with Crippen LogP contribution >= 0.6 is 0 Å². The number of piperazine rings is 1. The van der Waals surface area contributed by atoms with Crippen LogP contribution in [0.4, 0.5) is 17.1 Å². The number of benzene rings is 1. The van der Waals surface area contributed by atoms with Crippen molar-refractivity contribution < 1.29 is 9.59 Å². The highest BCUT2D eigenvalue weighted by molar-refractivity contribution is 6.19. The summed E-state index contributed by atoms with van der Waals surface area (Å²) in [7, 11) is 5.77. The van der Waals surface area contributed by atoms with Gasteiger partial charge < -0.3 is 14.4 Å². The summed E-state index contributed by atoms with van der Waals surface area (Å²) < 4.78 is 1.91. The first-order valence-electron chi connectivity index (χ1n) is 10.1. The molecule has 0 radical (unpaired) electrons. The molecule has 1 aromatic heterocycles. The number of hydrogen-bond acceptors (Lipinski definition) is 4. The molecule has 0 spiro atoms. The molecule has 1 aromatic carbocycles. The number of carbonyl (C=O) groups excluding carboxylic acids is 2. The quantitative estimate of drug-likeness (QED) is 0.782. The highest BCUT2D eigenvalue weighted by Gasteiger charge is 2.37. The zero-order chi connectivity index (χ0) is 20.9. The Morgan fingerprint density at radius 1 is 0.966 bits per heavy atom. The molecule has 1 fully saturated rings. The number of amides is 2. The molecule has 1 saturated heterocycles. The lowest BCUT2D eigenvalue weighted by Gasteiger charge is -2.33. The second-order valence-electron chi connectivity index (χ2n) is 8.13. The fourth-order valence-corrected chi connectivity index (χ4v) is 4.30. The second-order valence-corrected chi connectivity index (χ2v) is 8.13. The van der Waals surface area contributed by atoms with Crippen LogP contribution in [0, 0.1) is 13.8 Å². The Labute approximate surface area is 172 Å². The predicted molar refractivity (Wildman–Crippen MR) is 115 cm³/mol. The maximum atomic E-state index is 13.6. The number of para-hydroxylation sites is 2. The lowest BCUT2D eigenvalue weighted by atomic mass is 10.1. The van der Waals surface area contributed by atoms with Crippen LogP contribution < -0.4 is 9.80 Å². The second kappa shape index (κ2) is 7.31. The Morgan fingerprint density at radius 2 is 1.59 bits per heavy atom. The Kier molecular flexibility index (Phi) is 4.96. The minimum absolute atomic E-state index is 0.0000491. The summed E-state index contributed by atoms with van der Waals surface area (Å²) in [5.41, 5.74) is 4.74. The molecule has 2 amide bonds. The molecule has 154 valence electrons. The summed E-state index contributed by atoms with van der Waals surface area (Å²) in [6.07, 6.45) is 0. The van der Waals surface area contributed by atoms with E-state index in [1.54, 1.807) is 16.8 Å². The standard InChI is InChI=1S/C22H29N5O2/c1-15-16(2)24(4)21-20(15)27(19(28)14-26-12-10-23(3)11-13-26)18-9-7-6-8-17(18)25(5)22(21)29/h6-9H,10-14H2,1-5H3. The smallest absolute Gasteiger partial charge is 0.276 e. The van der Waals surface area contributed by atoms with Gasteiger partial charge in [-0.2, -0.15) is 0 Å². The lowest BCUT2D eigenvalue weighted by Crippen LogP contribution is -2.48. The number of rotatable bonds is 2. The van der Waals surface area contributed by atoms with E-state index in [0.29, 0.717) is 17.9 Å². The molecule has 7 nitrogen and oxygen atoms in total. The molecule has 0 bridgehead atoms. The zero-order valence-electron chi connectivity index (χ0n) is 17.9. The van der Waals surface area contributed by atoms with E-state index in [0.717, 1.165) is 48.8 Å². The van der Waals surface area contributed by atoms with Gasteiger partial charge >= 0.3 is 0 Å². The Hall–Kier alpha value is -2.64. The van der Waals surface area contributed by atoms with Gasteiger partial charge in [0.15, 0.2) is 0 Å². The third kappa shape index (κ3) is 3.14. The molecule has 0 N–H and O–H groups in total. The van der Waals surface area contributed by atoms with Crippen LogP contribution in [-0.2, 0) is 11.8 Å². The number of anilines is 3. The monoisotopic (exact) mass is 395 g/mol. The van der Waals surface area contributed by atoms with Gasteiger partial charge in [-0.05, 0) is 38.6 Å². The minimum Gasteiger partial charge on any atom is -0.342 e. The summed E-state index contributed by atoms with van der Waals surface area (Å²) in [6, 6.07) is 7.65. The van der Waals surface area contributed by atoms with E-state index >= 15 is 0 Å². The number of likely N-dealkylation sites (N-methyl/N-ethyl adjacent to an activating group) is 1. The molecule has 4 rings (SSSR count). The first-order chi connectivity index (χ1) is 13.8. The topological polar surface area (TPSA) is 52.0 Å². The van der Waals surface area contributed by atoms with Crippen LogP contribution in [0.1, 0.15) is 21.7 Å². The van der Waals surface area contributed by atoms with Crippen molar-refractivity contribution >= 4 is 28.9 Å². The van der Waals surface area contributed by atoms with Crippen molar-refractivity contribution in [3.05, 3.63) is 41.2 Å². The molecule has 29 heavy (non-hydrogen) atoms. The SMILES string of the molecule is Cc1c2c(n(C)c1C)C(=O)N(C)c1ccccc1N2C(=O)CN1CCN(C)CC1. The van der Waals surface area contributed by atoms with Crippen molar-refractivity contribution in [1.82, 2.24) is 14.4 Å². The van der Waals surface area contributed by atoms with Crippen LogP contribution in [0.2, 0.25) is 0 Å². The fraction of sp³-hybridized carbons (Fsp3) is 0.455. The van der Waals surface area contributed by atoms with E-state index in [1.807, 2.05) is 49.7 Å². The zero-order valence-corrected chi connectivity index (χ0v) is 17.9. The van der Waals surface area contributed by atoms with Gasteiger partial charge in [-0.1, -0.05) is 12.1 Å². The first kappa shape index (κ1) is 19.7. The first-order valence-corrected chi connectivity index (χ1v) is 10.1. The van der Waals surface area contributed by atoms with E-state index in [1.165, 1.54) is 0 Å². The van der Waals surface area contributed by atoms with Gasteiger partial charge in [-0.3, -0.25) is 19.4 Å². The number of hydrogen-bond donors (Lipinski definition) is 0. The van der Waals surface area contributed by atoms with Crippen molar-refractivity contribution in [2.45, 2.75) is 13.8 Å². The molecule has 0 unspecified atom stereocenters. The summed E-state index contributed by atoms with van der Waals surface area (Å²) in [5, 5.41) is 0.